The van der Waals surface area contributed by atoms with Crippen molar-refractivity contribution in [3.63, 3.8) is 0 Å². The van der Waals surface area contributed by atoms with E-state index in [-0.39, 0.29) is 47.6 Å². The molecule has 11 rings (SSSR count). The minimum absolute atomic E-state index is 0.00226. The van der Waals surface area contributed by atoms with Gasteiger partial charge >= 0.3 is 0 Å². The van der Waals surface area contributed by atoms with Crippen LogP contribution in [0.5, 0.6) is 5.75 Å². The second-order valence-electron chi connectivity index (χ2n) is 18.8. The van der Waals surface area contributed by atoms with Gasteiger partial charge in [-0.15, -0.1) is 0 Å². The zero-order valence-electron chi connectivity index (χ0n) is 37.5. The number of ether oxygens (including phenoxy) is 1. The number of piperidine rings is 3. The van der Waals surface area contributed by atoms with Crippen LogP contribution in [0.25, 0.3) is 16.8 Å². The summed E-state index contributed by atoms with van der Waals surface area (Å²) < 4.78 is 42.0. The van der Waals surface area contributed by atoms with Crippen LogP contribution < -0.4 is 19.9 Å². The molecule has 5 aromatic rings. The molecule has 0 saturated carbocycles. The Hall–Kier alpha value is -6.69. The predicted octanol–water partition coefficient (Wildman–Crippen LogP) is 5.84. The molecule has 0 aliphatic carbocycles. The zero-order valence-corrected chi connectivity index (χ0v) is 37.5. The number of hydrogen-bond acceptors (Lipinski definition) is 11. The predicted molar refractivity (Wildman–Crippen MR) is 243 cm³/mol. The van der Waals surface area contributed by atoms with Gasteiger partial charge in [-0.2, -0.15) is 5.10 Å². The number of pyridine rings is 1. The van der Waals surface area contributed by atoms with Gasteiger partial charge in [-0.3, -0.25) is 38.9 Å². The third-order valence-electron chi connectivity index (χ3n) is 14.7. The number of aryl methyl sites for hydroxylation is 1. The molecule has 1 unspecified atom stereocenters. The summed E-state index contributed by atoms with van der Waals surface area (Å²) in [6, 6.07) is 9.63. The number of likely N-dealkylation sites (tertiary alicyclic amines) is 1. The molecular formula is C49H52F2N10O6. The van der Waals surface area contributed by atoms with Crippen LogP contribution >= 0.6 is 0 Å². The van der Waals surface area contributed by atoms with Crippen molar-refractivity contribution in [1.29, 1.82) is 0 Å². The molecule has 6 aliphatic rings. The summed E-state index contributed by atoms with van der Waals surface area (Å²) in [5.74, 6) is -0.991. The van der Waals surface area contributed by atoms with E-state index in [0.29, 0.717) is 86.6 Å². The van der Waals surface area contributed by atoms with Crippen LogP contribution in [0.3, 0.4) is 0 Å². The highest BCUT2D eigenvalue weighted by Crippen LogP contribution is 2.46. The highest BCUT2D eigenvalue weighted by molar-refractivity contribution is 6.23. The molecule has 0 spiro atoms. The summed E-state index contributed by atoms with van der Waals surface area (Å²) in [7, 11) is 2.13. The van der Waals surface area contributed by atoms with Crippen molar-refractivity contribution in [2.75, 3.05) is 56.1 Å². The van der Waals surface area contributed by atoms with Crippen LogP contribution in [0.4, 0.5) is 26.0 Å². The molecule has 1 atom stereocenters. The Kier molecular flexibility index (Phi) is 10.8. The van der Waals surface area contributed by atoms with Crippen LogP contribution in [0.1, 0.15) is 107 Å². The van der Waals surface area contributed by atoms with E-state index in [4.69, 9.17) is 9.84 Å². The summed E-state index contributed by atoms with van der Waals surface area (Å²) in [5, 5.41) is 7.53. The largest absolute Gasteiger partial charge is 0.488 e. The first kappa shape index (κ1) is 42.9. The topological polar surface area (TPSA) is 158 Å². The Labute approximate surface area is 385 Å². The van der Waals surface area contributed by atoms with Crippen molar-refractivity contribution < 1.29 is 37.5 Å². The van der Waals surface area contributed by atoms with E-state index in [1.165, 1.54) is 0 Å². The minimum atomic E-state index is -2.80. The average Bonchev–Trinajstić information content (AvgIpc) is 4.02. The maximum Gasteiger partial charge on any atom is 0.264 e. The lowest BCUT2D eigenvalue weighted by atomic mass is 9.91. The molecule has 2 aromatic carbocycles. The number of anilines is 3. The number of nitrogens with zero attached hydrogens (tertiary/aromatic N) is 9. The normalized spacial score (nSPS) is 20.8. The van der Waals surface area contributed by atoms with Gasteiger partial charge < -0.3 is 28.7 Å². The van der Waals surface area contributed by atoms with Crippen LogP contribution in [0.15, 0.2) is 55.0 Å². The summed E-state index contributed by atoms with van der Waals surface area (Å²) in [5.41, 5.74) is 6.36. The number of benzene rings is 2. The first-order valence-corrected chi connectivity index (χ1v) is 23.4. The van der Waals surface area contributed by atoms with E-state index < -0.39 is 36.1 Å². The number of carbonyl (C=O) groups is 5. The third kappa shape index (κ3) is 7.58. The van der Waals surface area contributed by atoms with Crippen LogP contribution in [0.2, 0.25) is 0 Å². The maximum atomic E-state index is 15.6. The highest BCUT2D eigenvalue weighted by Gasteiger charge is 2.45. The SMILES string of the molecule is CC(=O)N1CCc2c(c(N3CCCc4cc(-c5cc6nccn6cc5OC5CCN(c6ccc7c(c6)C(=O)N(C6CCC(=O)NC6=O)C7=O)CC5)c(C(F)F)cc43)nn2C2CCN(C)CC2)C1. The number of rotatable bonds is 8. The molecule has 3 aromatic heterocycles. The first-order valence-electron chi connectivity index (χ1n) is 23.4. The van der Waals surface area contributed by atoms with Crippen LogP contribution in [-0.2, 0) is 33.8 Å². The van der Waals surface area contributed by atoms with Crippen LogP contribution in [-0.4, -0.2) is 122 Å². The fourth-order valence-electron chi connectivity index (χ4n) is 11.1. The number of aromatic nitrogens is 4. The Morgan fingerprint density at radius 1 is 0.851 bits per heavy atom. The van der Waals surface area contributed by atoms with Gasteiger partial charge in [0.2, 0.25) is 17.7 Å². The summed E-state index contributed by atoms with van der Waals surface area (Å²) >= 11 is 0. The van der Waals surface area contributed by atoms with Crippen molar-refractivity contribution in [3.05, 3.63) is 88.5 Å². The number of fused-ring (bicyclic) bond motifs is 4. The van der Waals surface area contributed by atoms with Crippen LogP contribution in [0, 0.1) is 0 Å². The molecule has 0 bridgehead atoms. The van der Waals surface area contributed by atoms with E-state index in [0.717, 1.165) is 65.6 Å². The molecule has 9 heterocycles. The fraction of sp³-hybridized carbons (Fsp3) is 0.449. The number of nitrogens with one attached hydrogen (secondary N) is 1. The lowest BCUT2D eigenvalue weighted by molar-refractivity contribution is -0.136. The Morgan fingerprint density at radius 3 is 2.40 bits per heavy atom. The van der Waals surface area contributed by atoms with Gasteiger partial charge in [0.15, 0.2) is 5.82 Å². The van der Waals surface area contributed by atoms with Crippen molar-refractivity contribution in [1.82, 2.24) is 39.2 Å². The quantitative estimate of drug-likeness (QED) is 0.187. The molecule has 348 valence electrons. The number of amides is 5. The second-order valence-corrected chi connectivity index (χ2v) is 18.8. The van der Waals surface area contributed by atoms with Crippen molar-refractivity contribution in [3.8, 4) is 16.9 Å². The molecule has 3 saturated heterocycles. The van der Waals surface area contributed by atoms with Gasteiger partial charge in [-0.05, 0) is 99.8 Å². The molecule has 0 radical (unpaired) electrons. The zero-order chi connectivity index (χ0) is 46.2. The first-order chi connectivity index (χ1) is 32.4. The molecule has 67 heavy (non-hydrogen) atoms. The van der Waals surface area contributed by atoms with E-state index in [2.05, 4.69) is 36.7 Å². The average molecular weight is 915 g/mol. The van der Waals surface area contributed by atoms with Gasteiger partial charge in [0.1, 0.15) is 23.5 Å². The Morgan fingerprint density at radius 2 is 1.64 bits per heavy atom. The molecule has 3 fully saturated rings. The van der Waals surface area contributed by atoms with Crippen molar-refractivity contribution in [2.45, 2.75) is 95.9 Å². The number of imidazole rings is 1. The van der Waals surface area contributed by atoms with Gasteiger partial charge in [-0.1, -0.05) is 0 Å². The lowest BCUT2D eigenvalue weighted by Gasteiger charge is -2.34. The molecule has 5 amide bonds. The Balaban J connectivity index is 0.869. The molecule has 16 nitrogen and oxygen atoms in total. The van der Waals surface area contributed by atoms with E-state index in [1.807, 2.05) is 27.6 Å². The number of imide groups is 2. The van der Waals surface area contributed by atoms with E-state index in [1.54, 1.807) is 43.6 Å². The molecule has 6 aliphatic heterocycles. The second kappa shape index (κ2) is 16.9. The highest BCUT2D eigenvalue weighted by atomic mass is 19.3. The smallest absolute Gasteiger partial charge is 0.264 e. The summed E-state index contributed by atoms with van der Waals surface area (Å²) in [6.07, 6.45) is 7.61. The van der Waals surface area contributed by atoms with E-state index in [9.17, 15) is 24.0 Å². The third-order valence-corrected chi connectivity index (χ3v) is 14.7. The molecule has 1 N–H and O–H groups in total. The summed E-state index contributed by atoms with van der Waals surface area (Å²) in [6.45, 7) is 6.31. The van der Waals surface area contributed by atoms with Gasteiger partial charge in [0.05, 0.1) is 29.9 Å². The minimum Gasteiger partial charge on any atom is -0.488 e. The molecule has 18 heteroatoms. The van der Waals surface area contributed by atoms with Crippen molar-refractivity contribution in [2.24, 2.45) is 0 Å². The lowest BCUT2D eigenvalue weighted by Crippen LogP contribution is -2.54. The van der Waals surface area contributed by atoms with Crippen molar-refractivity contribution >= 4 is 52.4 Å². The fourth-order valence-corrected chi connectivity index (χ4v) is 11.1. The standard InChI is InChI=1S/C49H52F2N10O6/c1-28(62)57-20-13-39-38(26-57)46(54-61(39)30-9-16-55(2)17-10-30)59-15-3-4-29-22-34(36(45(50)51)24-41(29)59)35-25-43-52-14-21-58(43)27-42(35)67-32-11-18-56(19-12-32)31-5-6-33-37(23-31)49(66)60(48(33)65)40-7-8-44(63)53-47(40)64/h5-6,14,21-25,27,30,32,40,45H,3-4,7-13,15-20,26H2,1-2H3,(H,53,63,64). The summed E-state index contributed by atoms with van der Waals surface area (Å²) in [4.78, 5) is 77.7. The van der Waals surface area contributed by atoms with Gasteiger partial charge in [-0.25, -0.2) is 13.8 Å². The maximum absolute atomic E-state index is 15.6. The monoisotopic (exact) mass is 914 g/mol. The number of hydrogen-bond donors (Lipinski definition) is 1. The van der Waals surface area contributed by atoms with Gasteiger partial charge in [0, 0.05) is 105 Å². The number of alkyl halides is 2. The number of halogens is 2. The van der Waals surface area contributed by atoms with E-state index >= 15 is 8.78 Å². The van der Waals surface area contributed by atoms with Gasteiger partial charge in [0.25, 0.3) is 18.2 Å². The Bertz CT molecular complexity index is 2860. The molecular weight excluding hydrogens is 863 g/mol. The number of carbonyl (C=O) groups excluding carboxylic acids is 5.